The van der Waals surface area contributed by atoms with Crippen LogP contribution in [0.3, 0.4) is 0 Å². The molecule has 0 amide bonds. The van der Waals surface area contributed by atoms with E-state index in [0.29, 0.717) is 5.70 Å². The fourth-order valence-electron chi connectivity index (χ4n) is 0.693. The Kier molecular flexibility index (Phi) is 2.04. The van der Waals surface area contributed by atoms with Gasteiger partial charge in [0.15, 0.2) is 0 Å². The lowest BCUT2D eigenvalue weighted by Crippen LogP contribution is -2.00. The highest BCUT2D eigenvalue weighted by Crippen LogP contribution is 2.25. The predicted octanol–water partition coefficient (Wildman–Crippen LogP) is 2.31. The van der Waals surface area contributed by atoms with Gasteiger partial charge in [-0.05, 0) is 18.9 Å². The van der Waals surface area contributed by atoms with Crippen molar-refractivity contribution in [3.8, 4) is 0 Å². The predicted molar refractivity (Wildman–Crippen MR) is 40.2 cm³/mol. The monoisotopic (exact) mass is 163 g/mol. The Labute approximate surface area is 64.1 Å². The first-order valence-electron chi connectivity index (χ1n) is 2.70. The van der Waals surface area contributed by atoms with Gasteiger partial charge in [0.05, 0.1) is 0 Å². The molecule has 9 heavy (non-hydrogen) atoms. The van der Waals surface area contributed by atoms with E-state index in [2.05, 4.69) is 0 Å². The molecule has 50 valence electrons. The molecule has 0 radical (unpaired) electrons. The van der Waals surface area contributed by atoms with Crippen LogP contribution >= 0.6 is 23.2 Å². The highest BCUT2D eigenvalue weighted by molar-refractivity contribution is 6.32. The van der Waals surface area contributed by atoms with Crippen LogP contribution in [0, 0.1) is 0 Å². The van der Waals surface area contributed by atoms with Crippen molar-refractivity contribution in [3.63, 3.8) is 0 Å². The van der Waals surface area contributed by atoms with Gasteiger partial charge >= 0.3 is 0 Å². The van der Waals surface area contributed by atoms with Gasteiger partial charge in [0.25, 0.3) is 0 Å². The summed E-state index contributed by atoms with van der Waals surface area (Å²) in [5, 5.41) is 1.51. The molecule has 0 unspecified atom stereocenters. The van der Waals surface area contributed by atoms with Crippen molar-refractivity contribution in [2.75, 3.05) is 0 Å². The third kappa shape index (κ3) is 1.63. The number of halogens is 2. The molecule has 0 aromatic rings. The lowest BCUT2D eigenvalue weighted by atomic mass is 10.1. The zero-order chi connectivity index (χ0) is 6.85. The smallest absolute Gasteiger partial charge is 0.0473 e. The van der Waals surface area contributed by atoms with E-state index in [-0.39, 0.29) is 0 Å². The van der Waals surface area contributed by atoms with Crippen molar-refractivity contribution in [1.82, 2.24) is 0 Å². The summed E-state index contributed by atoms with van der Waals surface area (Å²) in [6.07, 6.45) is 3.30. The molecule has 0 aliphatic heterocycles. The minimum atomic E-state index is 0.605. The molecule has 0 atom stereocenters. The first-order valence-corrected chi connectivity index (χ1v) is 3.46. The van der Waals surface area contributed by atoms with E-state index in [0.717, 1.165) is 22.9 Å². The molecule has 0 aromatic carbocycles. The summed E-state index contributed by atoms with van der Waals surface area (Å²) < 4.78 is 0. The van der Waals surface area contributed by atoms with Gasteiger partial charge in [-0.3, -0.25) is 0 Å². The summed E-state index contributed by atoms with van der Waals surface area (Å²) in [7, 11) is 0. The summed E-state index contributed by atoms with van der Waals surface area (Å²) >= 11 is 11.3. The summed E-state index contributed by atoms with van der Waals surface area (Å²) in [5.41, 5.74) is 6.06. The van der Waals surface area contributed by atoms with Crippen molar-refractivity contribution >= 4 is 23.2 Å². The first kappa shape index (κ1) is 6.97. The Hall–Kier alpha value is -0.140. The topological polar surface area (TPSA) is 26.0 Å². The second kappa shape index (κ2) is 2.63. The van der Waals surface area contributed by atoms with Crippen molar-refractivity contribution < 1.29 is 0 Å². The summed E-state index contributed by atoms with van der Waals surface area (Å²) in [5.74, 6) is 0. The lowest BCUT2D eigenvalue weighted by molar-refractivity contribution is 0.973. The molecular weight excluding hydrogens is 157 g/mol. The molecule has 0 saturated carbocycles. The summed E-state index contributed by atoms with van der Waals surface area (Å²) in [6.45, 7) is 0. The molecule has 2 N–H and O–H groups in total. The van der Waals surface area contributed by atoms with Crippen LogP contribution in [-0.2, 0) is 0 Å². The van der Waals surface area contributed by atoms with Gasteiger partial charge in [-0.2, -0.15) is 0 Å². The van der Waals surface area contributed by atoms with E-state index in [1.165, 1.54) is 0 Å². The third-order valence-electron chi connectivity index (χ3n) is 1.21. The molecule has 0 heterocycles. The minimum Gasteiger partial charge on any atom is -0.398 e. The van der Waals surface area contributed by atoms with E-state index >= 15 is 0 Å². The number of allylic oxidation sites excluding steroid dienone is 3. The first-order chi connectivity index (χ1) is 4.20. The van der Waals surface area contributed by atoms with E-state index in [9.17, 15) is 0 Å². The molecule has 0 aromatic heterocycles. The quantitative estimate of drug-likeness (QED) is 0.584. The number of hydrogen-bond donors (Lipinski definition) is 1. The SMILES string of the molecule is NC1=C(Cl)CCC(Cl)=C1. The van der Waals surface area contributed by atoms with E-state index in [4.69, 9.17) is 28.9 Å². The van der Waals surface area contributed by atoms with Crippen molar-refractivity contribution in [1.29, 1.82) is 0 Å². The van der Waals surface area contributed by atoms with Crippen LogP contribution in [0.2, 0.25) is 0 Å². The molecule has 0 fully saturated rings. The van der Waals surface area contributed by atoms with Gasteiger partial charge in [0, 0.05) is 15.8 Å². The van der Waals surface area contributed by atoms with Crippen molar-refractivity contribution in [3.05, 3.63) is 21.8 Å². The van der Waals surface area contributed by atoms with Crippen LogP contribution in [0.4, 0.5) is 0 Å². The average molecular weight is 164 g/mol. The van der Waals surface area contributed by atoms with Crippen LogP contribution in [-0.4, -0.2) is 0 Å². The molecule has 0 saturated heterocycles. The number of rotatable bonds is 0. The minimum absolute atomic E-state index is 0.605. The number of hydrogen-bond acceptors (Lipinski definition) is 1. The van der Waals surface area contributed by atoms with Crippen molar-refractivity contribution in [2.24, 2.45) is 5.73 Å². The highest BCUT2D eigenvalue weighted by Gasteiger charge is 2.06. The summed E-state index contributed by atoms with van der Waals surface area (Å²) in [4.78, 5) is 0. The lowest BCUT2D eigenvalue weighted by Gasteiger charge is -2.07. The van der Waals surface area contributed by atoms with Crippen LogP contribution in [0.25, 0.3) is 0 Å². The molecule has 1 aliphatic carbocycles. The standard InChI is InChI=1S/C6H7Cl2N/c7-4-1-2-5(8)6(9)3-4/h3H,1-2,9H2. The Morgan fingerprint density at radius 3 is 2.44 bits per heavy atom. The van der Waals surface area contributed by atoms with E-state index in [1.54, 1.807) is 6.08 Å². The fourth-order valence-corrected chi connectivity index (χ4v) is 1.05. The zero-order valence-corrected chi connectivity index (χ0v) is 6.34. The van der Waals surface area contributed by atoms with Crippen LogP contribution < -0.4 is 5.73 Å². The second-order valence-electron chi connectivity index (χ2n) is 1.95. The summed E-state index contributed by atoms with van der Waals surface area (Å²) in [6, 6.07) is 0. The van der Waals surface area contributed by atoms with Gasteiger partial charge in [-0.25, -0.2) is 0 Å². The maximum atomic E-state index is 5.68. The van der Waals surface area contributed by atoms with Crippen molar-refractivity contribution in [2.45, 2.75) is 12.8 Å². The Morgan fingerprint density at radius 2 is 2.00 bits per heavy atom. The van der Waals surface area contributed by atoms with Crippen LogP contribution in [0.5, 0.6) is 0 Å². The van der Waals surface area contributed by atoms with Gasteiger partial charge in [0.1, 0.15) is 0 Å². The van der Waals surface area contributed by atoms with E-state index in [1.807, 2.05) is 0 Å². The Balaban J connectivity index is 2.83. The number of nitrogens with two attached hydrogens (primary N) is 1. The van der Waals surface area contributed by atoms with Gasteiger partial charge in [-0.15, -0.1) is 0 Å². The molecule has 3 heteroatoms. The highest BCUT2D eigenvalue weighted by atomic mass is 35.5. The van der Waals surface area contributed by atoms with Gasteiger partial charge in [0.2, 0.25) is 0 Å². The molecule has 1 nitrogen and oxygen atoms in total. The second-order valence-corrected chi connectivity index (χ2v) is 2.89. The Bertz CT molecular complexity index is 181. The molecule has 0 bridgehead atoms. The van der Waals surface area contributed by atoms with Crippen LogP contribution in [0.15, 0.2) is 21.8 Å². The average Bonchev–Trinajstić information content (AvgIpc) is 1.80. The molecule has 0 spiro atoms. The maximum Gasteiger partial charge on any atom is 0.0473 e. The molecule has 1 rings (SSSR count). The largest absolute Gasteiger partial charge is 0.398 e. The van der Waals surface area contributed by atoms with Crippen LogP contribution in [0.1, 0.15) is 12.8 Å². The maximum absolute atomic E-state index is 5.68. The van der Waals surface area contributed by atoms with Gasteiger partial charge < -0.3 is 5.73 Å². The molecular formula is C6H7Cl2N. The van der Waals surface area contributed by atoms with Gasteiger partial charge in [-0.1, -0.05) is 23.2 Å². The Morgan fingerprint density at radius 1 is 1.33 bits per heavy atom. The normalized spacial score (nSPS) is 20.0. The fraction of sp³-hybridized carbons (Fsp3) is 0.333. The molecule has 1 aliphatic rings. The third-order valence-corrected chi connectivity index (χ3v) is 1.91. The zero-order valence-electron chi connectivity index (χ0n) is 4.82. The van der Waals surface area contributed by atoms with E-state index < -0.39 is 0 Å².